The van der Waals surface area contributed by atoms with E-state index in [2.05, 4.69) is 4.42 Å². The Kier molecular flexibility index (Phi) is 1.14. The molecule has 1 aromatic rings. The minimum atomic E-state index is -0.818. The highest BCUT2D eigenvalue weighted by Crippen LogP contribution is 2.05. The van der Waals surface area contributed by atoms with Gasteiger partial charge >= 0.3 is 0 Å². The second-order valence-electron chi connectivity index (χ2n) is 1.47. The summed E-state index contributed by atoms with van der Waals surface area (Å²) >= 11 is 0. The molecular formula is C5H4O4. The molecule has 0 saturated carbocycles. The number of hydrogen-bond donors (Lipinski definition) is 2. The molecule has 1 rings (SSSR count). The topological polar surface area (TPSA) is 70.7 Å². The van der Waals surface area contributed by atoms with E-state index in [1.54, 1.807) is 0 Å². The van der Waals surface area contributed by atoms with Crippen molar-refractivity contribution in [1.82, 2.24) is 0 Å². The summed E-state index contributed by atoms with van der Waals surface area (Å²) in [5.74, 6) is -1.18. The van der Waals surface area contributed by atoms with Crippen LogP contribution in [0.2, 0.25) is 0 Å². The van der Waals surface area contributed by atoms with Crippen molar-refractivity contribution < 1.29 is 14.6 Å². The summed E-state index contributed by atoms with van der Waals surface area (Å²) in [6.07, 6.45) is 1.70. The molecule has 0 atom stereocenters. The average molecular weight is 128 g/mol. The van der Waals surface area contributed by atoms with Gasteiger partial charge in [0.15, 0.2) is 0 Å². The lowest BCUT2D eigenvalue weighted by atomic mass is 10.4. The predicted octanol–water partition coefficient (Wildman–Crippen LogP) is 0.0510. The number of aromatic hydroxyl groups is 2. The van der Waals surface area contributed by atoms with Gasteiger partial charge in [-0.25, -0.2) is 0 Å². The van der Waals surface area contributed by atoms with Crippen molar-refractivity contribution in [3.05, 3.63) is 22.7 Å². The van der Waals surface area contributed by atoms with Crippen molar-refractivity contribution in [3.63, 3.8) is 0 Å². The van der Waals surface area contributed by atoms with Gasteiger partial charge in [0, 0.05) is 0 Å². The van der Waals surface area contributed by atoms with Crippen LogP contribution < -0.4 is 5.43 Å². The summed E-state index contributed by atoms with van der Waals surface area (Å²) in [6.45, 7) is 0. The molecule has 0 radical (unpaired) electrons. The molecule has 1 heterocycles. The molecule has 1 aromatic heterocycles. The molecule has 0 spiro atoms. The normalized spacial score (nSPS) is 9.33. The fourth-order valence-electron chi connectivity index (χ4n) is 0.401. The van der Waals surface area contributed by atoms with E-state index in [-0.39, 0.29) is 0 Å². The van der Waals surface area contributed by atoms with Crippen LogP contribution in [0.15, 0.2) is 21.7 Å². The monoisotopic (exact) mass is 128 g/mol. The Bertz CT molecular complexity index is 239. The molecule has 4 heteroatoms. The number of hydrogen-bond acceptors (Lipinski definition) is 4. The van der Waals surface area contributed by atoms with E-state index in [0.717, 1.165) is 12.5 Å². The smallest absolute Gasteiger partial charge is 0.268 e. The third-order valence-electron chi connectivity index (χ3n) is 0.825. The summed E-state index contributed by atoms with van der Waals surface area (Å²) in [6, 6.07) is 0. The van der Waals surface area contributed by atoms with Crippen LogP contribution in [0, 0.1) is 0 Å². The van der Waals surface area contributed by atoms with Gasteiger partial charge in [-0.2, -0.15) is 0 Å². The van der Waals surface area contributed by atoms with Crippen molar-refractivity contribution >= 4 is 0 Å². The average Bonchev–Trinajstić information content (AvgIpc) is 1.83. The van der Waals surface area contributed by atoms with Gasteiger partial charge in [-0.05, 0) is 0 Å². The molecule has 0 bridgehead atoms. The molecule has 0 unspecified atom stereocenters. The van der Waals surface area contributed by atoms with Crippen LogP contribution in [-0.4, -0.2) is 10.2 Å². The van der Waals surface area contributed by atoms with Gasteiger partial charge in [-0.1, -0.05) is 0 Å². The molecule has 48 valence electrons. The molecule has 2 N–H and O–H groups in total. The minimum Gasteiger partial charge on any atom is -0.502 e. The lowest BCUT2D eigenvalue weighted by molar-refractivity contribution is 0.389. The summed E-state index contributed by atoms with van der Waals surface area (Å²) in [7, 11) is 0. The predicted molar refractivity (Wildman–Crippen MR) is 28.3 cm³/mol. The standard InChI is InChI=1S/C5H4O4/c6-3-1-9-2-4(7)5(3)8/h1-2,6-7H. The van der Waals surface area contributed by atoms with E-state index in [1.807, 2.05) is 0 Å². The minimum absolute atomic E-state index is 0.588. The number of rotatable bonds is 0. The first-order valence-electron chi connectivity index (χ1n) is 2.20. The largest absolute Gasteiger partial charge is 0.502 e. The fourth-order valence-corrected chi connectivity index (χ4v) is 0.401. The lowest BCUT2D eigenvalue weighted by Crippen LogP contribution is -1.96. The van der Waals surface area contributed by atoms with Crippen LogP contribution in [0.4, 0.5) is 0 Å². The van der Waals surface area contributed by atoms with Crippen LogP contribution in [0.25, 0.3) is 0 Å². The fraction of sp³-hybridized carbons (Fsp3) is 0. The molecule has 0 amide bonds. The van der Waals surface area contributed by atoms with Gasteiger partial charge in [0.1, 0.15) is 12.5 Å². The molecular weight excluding hydrogens is 124 g/mol. The quantitative estimate of drug-likeness (QED) is 0.518. The Hall–Kier alpha value is -1.45. The van der Waals surface area contributed by atoms with E-state index in [4.69, 9.17) is 10.2 Å². The van der Waals surface area contributed by atoms with Crippen molar-refractivity contribution in [2.75, 3.05) is 0 Å². The van der Waals surface area contributed by atoms with E-state index in [9.17, 15) is 4.79 Å². The van der Waals surface area contributed by atoms with Crippen LogP contribution in [-0.2, 0) is 0 Å². The zero-order valence-electron chi connectivity index (χ0n) is 4.37. The highest BCUT2D eigenvalue weighted by molar-refractivity contribution is 5.23. The summed E-state index contributed by atoms with van der Waals surface area (Å²) < 4.78 is 4.32. The van der Waals surface area contributed by atoms with Crippen LogP contribution in [0.1, 0.15) is 0 Å². The van der Waals surface area contributed by atoms with E-state index >= 15 is 0 Å². The third kappa shape index (κ3) is 0.861. The van der Waals surface area contributed by atoms with E-state index in [1.165, 1.54) is 0 Å². The highest BCUT2D eigenvalue weighted by atomic mass is 16.4. The molecule has 9 heavy (non-hydrogen) atoms. The Morgan fingerprint density at radius 1 is 1.22 bits per heavy atom. The summed E-state index contributed by atoms with van der Waals surface area (Å²) in [5.41, 5.74) is -0.818. The van der Waals surface area contributed by atoms with Crippen molar-refractivity contribution in [3.8, 4) is 11.5 Å². The maximum atomic E-state index is 10.4. The highest BCUT2D eigenvalue weighted by Gasteiger charge is 2.00. The second kappa shape index (κ2) is 1.81. The van der Waals surface area contributed by atoms with E-state index < -0.39 is 16.9 Å². The van der Waals surface area contributed by atoms with Gasteiger partial charge in [0.25, 0.3) is 5.43 Å². The van der Waals surface area contributed by atoms with Gasteiger partial charge in [-0.15, -0.1) is 0 Å². The Morgan fingerprint density at radius 3 is 2.00 bits per heavy atom. The molecule has 4 nitrogen and oxygen atoms in total. The molecule has 0 aliphatic heterocycles. The Labute approximate surface area is 50.0 Å². The lowest BCUT2D eigenvalue weighted by Gasteiger charge is -1.88. The maximum Gasteiger partial charge on any atom is 0.268 e. The molecule has 0 aromatic carbocycles. The third-order valence-corrected chi connectivity index (χ3v) is 0.825. The molecule has 0 aliphatic rings. The van der Waals surface area contributed by atoms with Crippen LogP contribution in [0.5, 0.6) is 11.5 Å². The zero-order valence-corrected chi connectivity index (χ0v) is 4.37. The summed E-state index contributed by atoms with van der Waals surface area (Å²) in [4.78, 5) is 10.4. The van der Waals surface area contributed by atoms with Gasteiger partial charge < -0.3 is 14.6 Å². The van der Waals surface area contributed by atoms with E-state index in [0.29, 0.717) is 0 Å². The SMILES string of the molecule is O=c1c(O)cocc1O. The van der Waals surface area contributed by atoms with Crippen LogP contribution >= 0.6 is 0 Å². The Morgan fingerprint density at radius 2 is 1.67 bits per heavy atom. The maximum absolute atomic E-state index is 10.4. The summed E-state index contributed by atoms with van der Waals surface area (Å²) in [5, 5.41) is 17.1. The van der Waals surface area contributed by atoms with Gasteiger partial charge in [0.05, 0.1) is 0 Å². The first-order valence-corrected chi connectivity index (χ1v) is 2.20. The Balaban J connectivity index is 3.43. The first kappa shape index (κ1) is 5.68. The second-order valence-corrected chi connectivity index (χ2v) is 1.47. The molecule has 0 aliphatic carbocycles. The van der Waals surface area contributed by atoms with Gasteiger partial charge in [0.2, 0.25) is 11.5 Å². The van der Waals surface area contributed by atoms with Crippen molar-refractivity contribution in [2.45, 2.75) is 0 Å². The van der Waals surface area contributed by atoms with Gasteiger partial charge in [-0.3, -0.25) is 4.79 Å². The first-order chi connectivity index (χ1) is 4.22. The molecule has 0 saturated heterocycles. The van der Waals surface area contributed by atoms with Crippen molar-refractivity contribution in [2.24, 2.45) is 0 Å². The molecule has 0 fully saturated rings. The zero-order chi connectivity index (χ0) is 6.85. The van der Waals surface area contributed by atoms with Crippen LogP contribution in [0.3, 0.4) is 0 Å². The van der Waals surface area contributed by atoms with Crippen molar-refractivity contribution in [1.29, 1.82) is 0 Å².